The molecular formula is C34H61N5O9S. The largest absolute Gasteiger partial charge is 0.497 e. The van der Waals surface area contributed by atoms with Crippen molar-refractivity contribution in [2.24, 2.45) is 17.1 Å². The van der Waals surface area contributed by atoms with Gasteiger partial charge >= 0.3 is 6.09 Å². The highest BCUT2D eigenvalue weighted by atomic mass is 32.1. The summed E-state index contributed by atoms with van der Waals surface area (Å²) in [5.74, 6) is -0.510. The van der Waals surface area contributed by atoms with Crippen molar-refractivity contribution in [1.29, 1.82) is 0 Å². The molecule has 2 heterocycles. The Bertz CT molecular complexity index is 1490. The second-order valence-corrected chi connectivity index (χ2v) is 13.7. The summed E-state index contributed by atoms with van der Waals surface area (Å²) in [6.07, 6.45) is 4.19. The fourth-order valence-corrected chi connectivity index (χ4v) is 6.44. The first-order chi connectivity index (χ1) is 21.7. The minimum absolute atomic E-state index is 0. The van der Waals surface area contributed by atoms with E-state index in [1.54, 1.807) is 27.9 Å². The molecule has 1 saturated carbocycles. The van der Waals surface area contributed by atoms with Gasteiger partial charge in [0.2, 0.25) is 17.7 Å². The fraction of sp³-hybridized carbons (Fsp3) is 0.618. The van der Waals surface area contributed by atoms with E-state index < -0.39 is 53.0 Å². The van der Waals surface area contributed by atoms with E-state index in [0.717, 1.165) is 42.3 Å². The third-order valence-electron chi connectivity index (χ3n) is 9.24. The first-order valence-electron chi connectivity index (χ1n) is 16.3. The van der Waals surface area contributed by atoms with E-state index in [1.165, 1.54) is 4.90 Å². The number of amides is 4. The van der Waals surface area contributed by atoms with Gasteiger partial charge in [0, 0.05) is 16.1 Å². The van der Waals surface area contributed by atoms with Crippen molar-refractivity contribution in [3.05, 3.63) is 30.0 Å². The molecule has 1 aliphatic carbocycles. The number of carboxylic acid groups (broad SMARTS) is 1. The average molecular weight is 716 g/mol. The molecule has 49 heavy (non-hydrogen) atoms. The van der Waals surface area contributed by atoms with Crippen molar-refractivity contribution in [3.63, 3.8) is 0 Å². The summed E-state index contributed by atoms with van der Waals surface area (Å²) in [7, 11) is 1.60. The summed E-state index contributed by atoms with van der Waals surface area (Å²) in [4.78, 5) is 58.3. The zero-order valence-electron chi connectivity index (χ0n) is 29.4. The van der Waals surface area contributed by atoms with Crippen LogP contribution in [0.3, 0.4) is 0 Å². The number of methoxy groups -OCH3 is 1. The summed E-state index contributed by atoms with van der Waals surface area (Å²) < 4.78 is 12.0. The number of primary amides is 1. The molecule has 15 heteroatoms. The lowest BCUT2D eigenvalue weighted by atomic mass is 9.85. The quantitative estimate of drug-likeness (QED) is 0.211. The third kappa shape index (κ3) is 9.88. The van der Waals surface area contributed by atoms with E-state index in [2.05, 4.69) is 17.6 Å². The molecule has 0 radical (unpaired) electrons. The summed E-state index contributed by atoms with van der Waals surface area (Å²) >= 11 is 0. The molecule has 2 aliphatic rings. The summed E-state index contributed by atoms with van der Waals surface area (Å²) in [5.41, 5.74) is 5.37. The van der Waals surface area contributed by atoms with Crippen molar-refractivity contribution >= 4 is 48.2 Å². The number of hydrogen-bond acceptors (Lipinski definition) is 7. The van der Waals surface area contributed by atoms with Crippen molar-refractivity contribution < 1.29 is 49.0 Å². The Balaban J connectivity index is -0.00000400. The number of nitrogens with one attached hydrogen (secondary N) is 2. The number of hydrogen-bond donors (Lipinski definition) is 4. The maximum absolute atomic E-state index is 14.0. The lowest BCUT2D eigenvalue weighted by Gasteiger charge is -2.35. The molecule has 2 unspecified atom stereocenters. The molecule has 9 N–H and O–H groups in total. The Labute approximate surface area is 299 Å². The summed E-state index contributed by atoms with van der Waals surface area (Å²) in [6, 6.07) is 5.43. The van der Waals surface area contributed by atoms with Gasteiger partial charge in [-0.25, -0.2) is 9.78 Å². The van der Waals surface area contributed by atoms with E-state index in [1.807, 2.05) is 31.2 Å². The van der Waals surface area contributed by atoms with E-state index in [0.29, 0.717) is 30.8 Å². The van der Waals surface area contributed by atoms with Gasteiger partial charge in [0.05, 0.1) is 24.9 Å². The van der Waals surface area contributed by atoms with Crippen LogP contribution in [0.5, 0.6) is 11.5 Å². The number of aromatic nitrogens is 1. The molecule has 0 spiro atoms. The minimum atomic E-state index is -1.34. The molecule has 0 bridgehead atoms. The molecular weight excluding hydrogens is 654 g/mol. The van der Waals surface area contributed by atoms with E-state index >= 15 is 0 Å². The Kier molecular flexibility index (Phi) is 15.6. The number of ether oxygens (including phenoxy) is 2. The highest BCUT2D eigenvalue weighted by Crippen LogP contribution is 2.46. The first-order valence-corrected chi connectivity index (χ1v) is 16.3. The highest BCUT2D eigenvalue weighted by Gasteiger charge is 2.60. The molecule has 4 rings (SSSR count). The van der Waals surface area contributed by atoms with Crippen LogP contribution in [-0.4, -0.2) is 87.1 Å². The van der Waals surface area contributed by atoms with E-state index in [4.69, 9.17) is 20.2 Å². The van der Waals surface area contributed by atoms with E-state index in [-0.39, 0.29) is 47.6 Å². The molecule has 14 nitrogen and oxygen atoms in total. The molecule has 2 fully saturated rings. The van der Waals surface area contributed by atoms with Crippen LogP contribution in [0, 0.1) is 11.3 Å². The van der Waals surface area contributed by atoms with Crippen molar-refractivity contribution in [3.8, 4) is 11.5 Å². The third-order valence-corrected chi connectivity index (χ3v) is 9.24. The van der Waals surface area contributed by atoms with Crippen LogP contribution >= 0.6 is 13.5 Å². The van der Waals surface area contributed by atoms with Crippen LogP contribution in [0.4, 0.5) is 4.79 Å². The minimum Gasteiger partial charge on any atom is -0.497 e. The number of benzene rings is 1. The van der Waals surface area contributed by atoms with Gasteiger partial charge in [0.15, 0.2) is 0 Å². The predicted octanol–water partition coefficient (Wildman–Crippen LogP) is 3.37. The SMILES string of the molecule is CCCCCCc1nc2ccc(OC)cc2cc1O[C@@H]1C[C@@H](C(=O)NC2(C(N)=O)CC2CC)N(C(=O)[C@@H](NC(=O)O)C(C)(C)C)C1.O.O.S.[HH].[HH].[HH]. The normalized spacial score (nSPS) is 21.7. The maximum atomic E-state index is 14.0. The zero-order valence-corrected chi connectivity index (χ0v) is 30.4. The van der Waals surface area contributed by atoms with Crippen molar-refractivity contribution in [1.82, 2.24) is 20.5 Å². The highest BCUT2D eigenvalue weighted by molar-refractivity contribution is 7.59. The number of carbonyl (C=O) groups excluding carboxylic acids is 3. The summed E-state index contributed by atoms with van der Waals surface area (Å²) in [6.45, 7) is 9.38. The molecule has 5 atom stereocenters. The Morgan fingerprint density at radius 1 is 1.14 bits per heavy atom. The molecule has 1 aliphatic heterocycles. The molecule has 1 aromatic heterocycles. The van der Waals surface area contributed by atoms with Gasteiger partial charge in [-0.05, 0) is 54.9 Å². The van der Waals surface area contributed by atoms with Gasteiger partial charge in [-0.2, -0.15) is 13.5 Å². The van der Waals surface area contributed by atoms with Crippen LogP contribution in [0.25, 0.3) is 10.9 Å². The van der Waals surface area contributed by atoms with Crippen LogP contribution in [0.1, 0.15) is 89.5 Å². The number of nitrogens with zero attached hydrogens (tertiary/aromatic N) is 2. The molecule has 2 aromatic rings. The summed E-state index contributed by atoms with van der Waals surface area (Å²) in [5, 5.41) is 15.6. The smallest absolute Gasteiger partial charge is 0.405 e. The fourth-order valence-electron chi connectivity index (χ4n) is 6.44. The number of pyridine rings is 1. The monoisotopic (exact) mass is 715 g/mol. The van der Waals surface area contributed by atoms with Gasteiger partial charge in [-0.1, -0.05) is 60.3 Å². The number of unbranched alkanes of at least 4 members (excludes halogenated alkanes) is 3. The topological polar surface area (TPSA) is 236 Å². The molecule has 282 valence electrons. The number of rotatable bonds is 14. The average Bonchev–Trinajstić information content (AvgIpc) is 3.56. The Hall–Kier alpha value is -3.82. The van der Waals surface area contributed by atoms with Crippen LogP contribution in [0.2, 0.25) is 0 Å². The van der Waals surface area contributed by atoms with Gasteiger partial charge in [0.25, 0.3) is 0 Å². The van der Waals surface area contributed by atoms with Gasteiger partial charge < -0.3 is 46.8 Å². The lowest BCUT2D eigenvalue weighted by molar-refractivity contribution is -0.142. The lowest BCUT2D eigenvalue weighted by Crippen LogP contribution is -2.59. The van der Waals surface area contributed by atoms with Gasteiger partial charge in [-0.3, -0.25) is 14.4 Å². The first kappa shape index (κ1) is 43.2. The molecule has 4 amide bonds. The Morgan fingerprint density at radius 2 is 1.84 bits per heavy atom. The number of carbonyl (C=O) groups is 4. The number of fused-ring (bicyclic) bond motifs is 1. The van der Waals surface area contributed by atoms with Crippen LogP contribution < -0.4 is 25.8 Å². The number of likely N-dealkylation sites (tertiary alicyclic amines) is 1. The molecule has 1 aromatic carbocycles. The second-order valence-electron chi connectivity index (χ2n) is 13.7. The van der Waals surface area contributed by atoms with Crippen molar-refractivity contribution in [2.75, 3.05) is 13.7 Å². The second kappa shape index (κ2) is 17.7. The maximum Gasteiger partial charge on any atom is 0.405 e. The van der Waals surface area contributed by atoms with Crippen LogP contribution in [-0.2, 0) is 20.8 Å². The standard InChI is InChI=1S/C34H49N5O7.2H2O.H2S.3H2/c1-7-9-10-11-12-25-27(16-20-15-22(45-6)13-14-24(20)36-25)46-23-17-26(29(40)38-34(31(35)42)18-21(34)8-2)39(19-23)30(41)28(33(3,4)5)37-32(43)44;;;;;;/h13-16,21,23,26,28,37H,7-12,17-19H2,1-6H3,(H2,35,42)(H,38,40)(H,43,44);3*1H2;3*1H/t21?,23-,26+,28-,34?;;;;;;/m1....../s1. The van der Waals surface area contributed by atoms with Crippen LogP contribution in [0.15, 0.2) is 24.3 Å². The number of aryl methyl sites for hydroxylation is 1. The van der Waals surface area contributed by atoms with Gasteiger partial charge in [0.1, 0.15) is 35.2 Å². The Morgan fingerprint density at radius 3 is 2.39 bits per heavy atom. The molecule has 1 saturated heterocycles. The zero-order chi connectivity index (χ0) is 33.8. The number of nitrogens with two attached hydrogens (primary N) is 1. The van der Waals surface area contributed by atoms with Crippen molar-refractivity contribution in [2.45, 2.75) is 110 Å². The van der Waals surface area contributed by atoms with E-state index in [9.17, 15) is 24.3 Å². The predicted molar refractivity (Wildman–Crippen MR) is 197 cm³/mol. The van der Waals surface area contributed by atoms with Gasteiger partial charge in [-0.15, -0.1) is 0 Å².